The number of aromatic nitrogens is 2. The van der Waals surface area contributed by atoms with Crippen molar-refractivity contribution in [2.24, 2.45) is 0 Å². The van der Waals surface area contributed by atoms with E-state index in [-0.39, 0.29) is 22.9 Å². The third-order valence-corrected chi connectivity index (χ3v) is 5.94. The molecule has 1 heterocycles. The Bertz CT molecular complexity index is 1090. The molecule has 1 aromatic carbocycles. The topological polar surface area (TPSA) is 86.4 Å². The second-order valence-electron chi connectivity index (χ2n) is 9.48. The predicted octanol–water partition coefficient (Wildman–Crippen LogP) is 7.26. The van der Waals surface area contributed by atoms with E-state index in [9.17, 15) is 10.1 Å². The predicted molar refractivity (Wildman–Crippen MR) is 138 cm³/mol. The van der Waals surface area contributed by atoms with E-state index in [0.29, 0.717) is 28.5 Å². The fourth-order valence-electron chi connectivity index (χ4n) is 3.60. The number of carbonyl (C=O) groups is 1. The highest BCUT2D eigenvalue weighted by Crippen LogP contribution is 2.35. The molecule has 0 aliphatic carbocycles. The molecule has 0 radical (unpaired) electrons. The molecule has 0 N–H and O–H groups in total. The molecule has 0 aliphatic rings. The summed E-state index contributed by atoms with van der Waals surface area (Å²) < 4.78 is 18.4. The second kappa shape index (κ2) is 12.1. The number of ether oxygens (including phenoxy) is 3. The van der Waals surface area contributed by atoms with Crippen molar-refractivity contribution in [3.05, 3.63) is 51.8 Å². The van der Waals surface area contributed by atoms with Gasteiger partial charge < -0.3 is 14.2 Å². The van der Waals surface area contributed by atoms with Gasteiger partial charge in [-0.05, 0) is 43.7 Å². The Labute approximate surface area is 213 Å². The third kappa shape index (κ3) is 7.25. The summed E-state index contributed by atoms with van der Waals surface area (Å²) in [7, 11) is 0. The highest BCUT2D eigenvalue weighted by Gasteiger charge is 2.26. The van der Waals surface area contributed by atoms with E-state index >= 15 is 0 Å². The Balaban J connectivity index is 2.53. The molecule has 0 bridgehead atoms. The maximum absolute atomic E-state index is 12.2. The number of halogens is 1. The Hall–Kier alpha value is -2.98. The summed E-state index contributed by atoms with van der Waals surface area (Å²) >= 11 is 6.61. The van der Waals surface area contributed by atoms with Crippen LogP contribution in [0.1, 0.15) is 83.8 Å². The molecule has 1 aromatic heterocycles. The zero-order valence-electron chi connectivity index (χ0n) is 21.9. The van der Waals surface area contributed by atoms with E-state index in [4.69, 9.17) is 25.8 Å². The van der Waals surface area contributed by atoms with Crippen LogP contribution < -0.4 is 0 Å². The summed E-state index contributed by atoms with van der Waals surface area (Å²) in [6.07, 6.45) is -0.545. The van der Waals surface area contributed by atoms with E-state index in [0.717, 1.165) is 18.4 Å². The lowest BCUT2D eigenvalue weighted by atomic mass is 9.86. The van der Waals surface area contributed by atoms with Crippen molar-refractivity contribution in [2.45, 2.75) is 92.6 Å². The van der Waals surface area contributed by atoms with Crippen molar-refractivity contribution in [3.63, 3.8) is 0 Å². The Morgan fingerprint density at radius 2 is 1.77 bits per heavy atom. The summed E-state index contributed by atoms with van der Waals surface area (Å²) in [5, 5.41) is 15.0. The number of hydrogen-bond acceptors (Lipinski definition) is 6. The lowest BCUT2D eigenvalue weighted by molar-refractivity contribution is -0.0757. The lowest BCUT2D eigenvalue weighted by Gasteiger charge is -2.21. The van der Waals surface area contributed by atoms with E-state index < -0.39 is 12.4 Å². The van der Waals surface area contributed by atoms with Gasteiger partial charge in [-0.1, -0.05) is 70.0 Å². The minimum Gasteiger partial charge on any atom is -0.451 e. The van der Waals surface area contributed by atoms with Gasteiger partial charge in [-0.2, -0.15) is 10.4 Å². The molecule has 190 valence electrons. The summed E-state index contributed by atoms with van der Waals surface area (Å²) in [5.41, 5.74) is 3.06. The Kier molecular flexibility index (Phi) is 9.79. The molecular formula is C27H36ClN3O4. The van der Waals surface area contributed by atoms with Crippen molar-refractivity contribution in [2.75, 3.05) is 0 Å². The van der Waals surface area contributed by atoms with Gasteiger partial charge in [0.2, 0.25) is 6.29 Å². The van der Waals surface area contributed by atoms with Crippen molar-refractivity contribution in [3.8, 4) is 6.07 Å². The van der Waals surface area contributed by atoms with Crippen LogP contribution in [0.15, 0.2) is 24.3 Å². The molecule has 2 aromatic rings. The van der Waals surface area contributed by atoms with Crippen LogP contribution in [0.2, 0.25) is 5.02 Å². The maximum atomic E-state index is 12.2. The van der Waals surface area contributed by atoms with Crippen molar-refractivity contribution in [1.29, 1.82) is 5.26 Å². The molecular weight excluding hydrogens is 466 g/mol. The maximum Gasteiger partial charge on any atom is 0.511 e. The zero-order chi connectivity index (χ0) is 26.3. The number of allylic oxidation sites excluding steroid dienone is 1. The highest BCUT2D eigenvalue weighted by atomic mass is 35.5. The second-order valence-corrected chi connectivity index (χ2v) is 9.86. The van der Waals surface area contributed by atoms with Crippen LogP contribution in [0.3, 0.4) is 0 Å². The summed E-state index contributed by atoms with van der Waals surface area (Å²) in [4.78, 5) is 12.2. The summed E-state index contributed by atoms with van der Waals surface area (Å²) in [6, 6.07) is 9.98. The number of rotatable bonds is 9. The number of nitriles is 1. The lowest BCUT2D eigenvalue weighted by Crippen LogP contribution is -2.23. The molecule has 0 amide bonds. The molecule has 0 aliphatic heterocycles. The highest BCUT2D eigenvalue weighted by molar-refractivity contribution is 6.33. The first kappa shape index (κ1) is 28.3. The van der Waals surface area contributed by atoms with E-state index in [1.165, 1.54) is 0 Å². The van der Waals surface area contributed by atoms with Gasteiger partial charge in [-0.15, -0.1) is 0 Å². The molecule has 8 heteroatoms. The molecule has 2 atom stereocenters. The molecule has 0 fully saturated rings. The quantitative estimate of drug-likeness (QED) is 0.155. The van der Waals surface area contributed by atoms with Crippen molar-refractivity contribution >= 4 is 29.1 Å². The molecule has 2 rings (SSSR count). The molecule has 7 nitrogen and oxygen atoms in total. The normalized spacial score (nSPS) is 13.9. The van der Waals surface area contributed by atoms with Crippen LogP contribution in [0.4, 0.5) is 4.79 Å². The fraction of sp³-hybridized carbons (Fsp3) is 0.519. The minimum absolute atomic E-state index is 0.0345. The summed E-state index contributed by atoms with van der Waals surface area (Å²) in [5.74, 6) is 0.186. The first-order valence-corrected chi connectivity index (χ1v) is 12.3. The van der Waals surface area contributed by atoms with Gasteiger partial charge in [-0.3, -0.25) is 4.68 Å². The zero-order valence-corrected chi connectivity index (χ0v) is 22.7. The van der Waals surface area contributed by atoms with Gasteiger partial charge in [0.05, 0.1) is 10.7 Å². The first-order chi connectivity index (χ1) is 16.4. The van der Waals surface area contributed by atoms with E-state index in [1.807, 2.05) is 38.1 Å². The number of benzene rings is 1. The largest absolute Gasteiger partial charge is 0.511 e. The number of aryl methyl sites for hydroxylation is 2. The van der Waals surface area contributed by atoms with Gasteiger partial charge in [0.25, 0.3) is 0 Å². The van der Waals surface area contributed by atoms with Crippen molar-refractivity contribution < 1.29 is 19.0 Å². The average Bonchev–Trinajstić information content (AvgIpc) is 3.06. The van der Waals surface area contributed by atoms with Gasteiger partial charge in [0, 0.05) is 13.5 Å². The van der Waals surface area contributed by atoms with Gasteiger partial charge in [0.1, 0.15) is 23.4 Å². The summed E-state index contributed by atoms with van der Waals surface area (Å²) in [6.45, 7) is 16.0. The van der Waals surface area contributed by atoms with Crippen LogP contribution >= 0.6 is 11.6 Å². The van der Waals surface area contributed by atoms with Gasteiger partial charge >= 0.3 is 6.16 Å². The first-order valence-electron chi connectivity index (χ1n) is 11.9. The minimum atomic E-state index is -1.04. The third-order valence-electron chi connectivity index (χ3n) is 5.49. The van der Waals surface area contributed by atoms with E-state index in [2.05, 4.69) is 31.9 Å². The Morgan fingerprint density at radius 1 is 1.14 bits per heavy atom. The van der Waals surface area contributed by atoms with Crippen LogP contribution in [-0.2, 0) is 26.2 Å². The van der Waals surface area contributed by atoms with Crippen LogP contribution in [0.5, 0.6) is 0 Å². The smallest absolute Gasteiger partial charge is 0.451 e. The molecule has 0 spiro atoms. The standard InChI is InChI=1S/C27H36ClN3O4/c1-9-11-17(3)33-26(32)35-19(5)34-25(24-23(28)18(4)30-31(24)10-2)22(16-29)20-12-14-21(15-13-20)27(6,7)8/h12-15,17,19H,9-11H2,1-8H3/b25-22-. The molecule has 35 heavy (non-hydrogen) atoms. The Morgan fingerprint density at radius 3 is 2.29 bits per heavy atom. The van der Waals surface area contributed by atoms with Crippen LogP contribution in [0.25, 0.3) is 11.3 Å². The SMILES string of the molecule is CCCC(C)OC(=O)OC(C)O/C(=C(/C#N)c1ccc(C(C)(C)C)cc1)c1c(Cl)c(C)nn1CC. The van der Waals surface area contributed by atoms with Crippen LogP contribution in [0, 0.1) is 18.3 Å². The van der Waals surface area contributed by atoms with E-state index in [1.54, 1.807) is 25.5 Å². The monoisotopic (exact) mass is 501 g/mol. The average molecular weight is 502 g/mol. The number of nitrogens with zero attached hydrogens (tertiary/aromatic N) is 3. The number of hydrogen-bond donors (Lipinski definition) is 0. The van der Waals surface area contributed by atoms with Crippen LogP contribution in [-0.4, -0.2) is 28.3 Å². The van der Waals surface area contributed by atoms with Crippen molar-refractivity contribution in [1.82, 2.24) is 9.78 Å². The van der Waals surface area contributed by atoms with Gasteiger partial charge in [0.15, 0.2) is 5.76 Å². The molecule has 2 unspecified atom stereocenters. The molecule has 0 saturated carbocycles. The number of carbonyl (C=O) groups excluding carboxylic acids is 1. The molecule has 0 saturated heterocycles. The van der Waals surface area contributed by atoms with Gasteiger partial charge in [-0.25, -0.2) is 4.79 Å². The fourth-order valence-corrected chi connectivity index (χ4v) is 3.83.